The molecule has 36 heavy (non-hydrogen) atoms. The number of imide groups is 1. The quantitative estimate of drug-likeness (QED) is 0.612. The maximum atomic E-state index is 13.3. The lowest BCUT2D eigenvalue weighted by Gasteiger charge is -2.35. The largest absolute Gasteiger partial charge is 0.496 e. The number of benzene rings is 1. The summed E-state index contributed by atoms with van der Waals surface area (Å²) in [5.74, 6) is -0.00890. The highest BCUT2D eigenvalue weighted by molar-refractivity contribution is 6.05. The molecule has 4 heterocycles. The van der Waals surface area contributed by atoms with Gasteiger partial charge in [-0.2, -0.15) is 0 Å². The lowest BCUT2D eigenvalue weighted by Crippen LogP contribution is -2.52. The number of likely N-dealkylation sites (tertiary alicyclic amines) is 1. The van der Waals surface area contributed by atoms with Crippen molar-refractivity contribution in [3.05, 3.63) is 53.3 Å². The van der Waals surface area contributed by atoms with E-state index in [1.807, 2.05) is 11.0 Å². The topological polar surface area (TPSA) is 118 Å². The fraction of sp³-hybridized carbons (Fsp3) is 0.423. The maximum absolute atomic E-state index is 13.3. The van der Waals surface area contributed by atoms with Gasteiger partial charge in [0, 0.05) is 37.5 Å². The number of ether oxygens (including phenoxy) is 2. The number of pyridine rings is 1. The first-order chi connectivity index (χ1) is 17.5. The molecule has 3 aliphatic rings. The van der Waals surface area contributed by atoms with Crippen LogP contribution in [0.1, 0.15) is 58.4 Å². The number of methoxy groups -OCH3 is 1. The molecule has 0 saturated carbocycles. The average Bonchev–Trinajstić information content (AvgIpc) is 3.22. The van der Waals surface area contributed by atoms with Crippen molar-refractivity contribution in [2.24, 2.45) is 0 Å². The molecule has 188 valence electrons. The number of hydrogen-bond donors (Lipinski definition) is 1. The van der Waals surface area contributed by atoms with Crippen molar-refractivity contribution in [1.82, 2.24) is 20.1 Å². The Morgan fingerprint density at radius 2 is 2.03 bits per heavy atom. The zero-order valence-electron chi connectivity index (χ0n) is 20.1. The van der Waals surface area contributed by atoms with E-state index < -0.39 is 11.9 Å². The van der Waals surface area contributed by atoms with Crippen LogP contribution >= 0.6 is 0 Å². The van der Waals surface area contributed by atoms with Gasteiger partial charge in [0.15, 0.2) is 0 Å². The third-order valence-corrected chi connectivity index (χ3v) is 7.06. The van der Waals surface area contributed by atoms with E-state index in [0.717, 1.165) is 24.8 Å². The number of nitrogens with one attached hydrogen (secondary N) is 1. The number of carbonyl (C=O) groups excluding carboxylic acids is 4. The third-order valence-electron chi connectivity index (χ3n) is 7.06. The van der Waals surface area contributed by atoms with Crippen molar-refractivity contribution in [2.45, 2.75) is 50.7 Å². The van der Waals surface area contributed by atoms with Crippen LogP contribution in [0.3, 0.4) is 0 Å². The molecule has 0 aliphatic carbocycles. The highest BCUT2D eigenvalue weighted by Gasteiger charge is 2.39. The highest BCUT2D eigenvalue weighted by atomic mass is 16.5. The van der Waals surface area contributed by atoms with E-state index in [1.54, 1.807) is 24.4 Å². The van der Waals surface area contributed by atoms with Gasteiger partial charge in [-0.25, -0.2) is 0 Å². The van der Waals surface area contributed by atoms with Crippen molar-refractivity contribution in [3.63, 3.8) is 0 Å². The Balaban J connectivity index is 1.26. The van der Waals surface area contributed by atoms with Gasteiger partial charge in [0.05, 0.1) is 18.7 Å². The molecule has 2 saturated heterocycles. The van der Waals surface area contributed by atoms with Gasteiger partial charge in [-0.1, -0.05) is 0 Å². The Morgan fingerprint density at radius 1 is 1.17 bits per heavy atom. The fourth-order valence-electron chi connectivity index (χ4n) is 5.15. The molecule has 1 aromatic heterocycles. The summed E-state index contributed by atoms with van der Waals surface area (Å²) in [4.78, 5) is 57.3. The molecule has 3 aliphatic heterocycles. The monoisotopic (exact) mass is 492 g/mol. The van der Waals surface area contributed by atoms with Crippen LogP contribution in [0.2, 0.25) is 0 Å². The summed E-state index contributed by atoms with van der Waals surface area (Å²) in [6.07, 6.45) is 6.39. The molecule has 2 atom stereocenters. The molecule has 10 nitrogen and oxygen atoms in total. The number of piperidine rings is 2. The van der Waals surface area contributed by atoms with Crippen LogP contribution in [0.4, 0.5) is 0 Å². The van der Waals surface area contributed by atoms with E-state index in [1.165, 1.54) is 18.2 Å². The zero-order chi connectivity index (χ0) is 25.2. The molecule has 2 aromatic rings. The Morgan fingerprint density at radius 3 is 2.83 bits per heavy atom. The van der Waals surface area contributed by atoms with E-state index in [-0.39, 0.29) is 36.7 Å². The molecule has 0 radical (unpaired) electrons. The number of rotatable bonds is 6. The third kappa shape index (κ3) is 4.50. The Hall–Kier alpha value is -3.95. The second-order valence-electron chi connectivity index (χ2n) is 9.25. The van der Waals surface area contributed by atoms with E-state index in [2.05, 4.69) is 10.3 Å². The van der Waals surface area contributed by atoms with Crippen molar-refractivity contribution in [2.75, 3.05) is 20.3 Å². The highest BCUT2D eigenvalue weighted by Crippen LogP contribution is 2.31. The summed E-state index contributed by atoms with van der Waals surface area (Å²) in [6, 6.07) is 6.18. The second-order valence-corrected chi connectivity index (χ2v) is 9.25. The molecular formula is C26H28N4O6. The van der Waals surface area contributed by atoms with Gasteiger partial charge in [0.25, 0.3) is 11.8 Å². The van der Waals surface area contributed by atoms with Crippen molar-refractivity contribution in [3.8, 4) is 11.5 Å². The van der Waals surface area contributed by atoms with Crippen LogP contribution in [0.15, 0.2) is 36.7 Å². The standard InChI is InChI=1S/C26H28N4O6/c1-35-22-9-10-27-13-20(22)26(34)29-11-3-2-4-17(29)15-36-18-5-6-19-16(12-18)14-30(25(19)33)21-7-8-23(31)28-24(21)32/h5-6,9-10,12-13,17,21H,2-4,7-8,11,14-15H2,1H3,(H,28,31,32)/t17-,21?/m0/s1. The normalized spacial score (nSPS) is 21.8. The molecule has 0 spiro atoms. The van der Waals surface area contributed by atoms with Crippen molar-refractivity contribution < 1.29 is 28.7 Å². The SMILES string of the molecule is COc1ccncc1C(=O)N1CCCC[C@H]1COc1ccc2c(c1)CN(C1CCC(=O)NC1=O)C2=O. The van der Waals surface area contributed by atoms with E-state index in [9.17, 15) is 19.2 Å². The predicted octanol–water partition coefficient (Wildman–Crippen LogP) is 1.92. The van der Waals surface area contributed by atoms with Crippen molar-refractivity contribution in [1.29, 1.82) is 0 Å². The summed E-state index contributed by atoms with van der Waals surface area (Å²) in [7, 11) is 1.53. The van der Waals surface area contributed by atoms with E-state index in [0.29, 0.717) is 42.2 Å². The number of nitrogens with zero attached hydrogens (tertiary/aromatic N) is 3. The Labute approximate surface area is 208 Å². The van der Waals surface area contributed by atoms with Crippen LogP contribution in [0.5, 0.6) is 11.5 Å². The maximum Gasteiger partial charge on any atom is 0.259 e. The molecule has 5 rings (SSSR count). The molecule has 10 heteroatoms. The summed E-state index contributed by atoms with van der Waals surface area (Å²) in [6.45, 7) is 1.23. The summed E-state index contributed by atoms with van der Waals surface area (Å²) < 4.78 is 11.4. The number of hydrogen-bond acceptors (Lipinski definition) is 7. The number of carbonyl (C=O) groups is 4. The van der Waals surface area contributed by atoms with Gasteiger partial charge in [-0.05, 0) is 55.5 Å². The lowest BCUT2D eigenvalue weighted by atomic mass is 10.0. The number of aromatic nitrogens is 1. The van der Waals surface area contributed by atoms with Crippen LogP contribution in [-0.4, -0.2) is 70.8 Å². The molecule has 1 unspecified atom stereocenters. The smallest absolute Gasteiger partial charge is 0.259 e. The first-order valence-electron chi connectivity index (χ1n) is 12.2. The van der Waals surface area contributed by atoms with E-state index >= 15 is 0 Å². The lowest BCUT2D eigenvalue weighted by molar-refractivity contribution is -0.136. The van der Waals surface area contributed by atoms with Crippen molar-refractivity contribution >= 4 is 23.6 Å². The first kappa shape index (κ1) is 23.8. The summed E-state index contributed by atoms with van der Waals surface area (Å²) >= 11 is 0. The minimum Gasteiger partial charge on any atom is -0.496 e. The molecule has 4 amide bonds. The summed E-state index contributed by atoms with van der Waals surface area (Å²) in [5, 5.41) is 2.31. The molecule has 0 bridgehead atoms. The van der Waals surface area contributed by atoms with Gasteiger partial charge in [0.2, 0.25) is 11.8 Å². The molecule has 1 aromatic carbocycles. The minimum atomic E-state index is -0.654. The van der Waals surface area contributed by atoms with Crippen LogP contribution in [0.25, 0.3) is 0 Å². The summed E-state index contributed by atoms with van der Waals surface area (Å²) in [5.41, 5.74) is 1.74. The van der Waals surface area contributed by atoms with Gasteiger partial charge in [0.1, 0.15) is 24.1 Å². The molecular weight excluding hydrogens is 464 g/mol. The van der Waals surface area contributed by atoms with Gasteiger partial charge >= 0.3 is 0 Å². The number of fused-ring (bicyclic) bond motifs is 1. The van der Waals surface area contributed by atoms with Gasteiger partial charge in [-0.15, -0.1) is 0 Å². The first-order valence-corrected chi connectivity index (χ1v) is 12.2. The Bertz CT molecular complexity index is 1210. The second kappa shape index (κ2) is 9.96. The minimum absolute atomic E-state index is 0.106. The fourth-order valence-corrected chi connectivity index (χ4v) is 5.15. The van der Waals surface area contributed by atoms with Gasteiger partial charge in [-0.3, -0.25) is 29.5 Å². The van der Waals surface area contributed by atoms with E-state index in [4.69, 9.17) is 9.47 Å². The zero-order valence-corrected chi connectivity index (χ0v) is 20.1. The molecule has 2 fully saturated rings. The predicted molar refractivity (Wildman–Crippen MR) is 127 cm³/mol. The van der Waals surface area contributed by atoms with Crippen LogP contribution in [-0.2, 0) is 16.1 Å². The van der Waals surface area contributed by atoms with Gasteiger partial charge < -0.3 is 19.3 Å². The molecule has 1 N–H and O–H groups in total. The van der Waals surface area contributed by atoms with Crippen LogP contribution in [0, 0.1) is 0 Å². The average molecular weight is 493 g/mol. The number of amides is 4. The Kier molecular flexibility index (Phi) is 6.58. The van der Waals surface area contributed by atoms with Crippen LogP contribution < -0.4 is 14.8 Å².